The molecule has 0 unspecified atom stereocenters. The van der Waals surface area contributed by atoms with E-state index in [1.807, 2.05) is 11.8 Å². The first kappa shape index (κ1) is 23.5. The molecule has 0 atom stereocenters. The van der Waals surface area contributed by atoms with Crippen LogP contribution in [0.4, 0.5) is 0 Å². The lowest BCUT2D eigenvalue weighted by Gasteiger charge is -2.22. The van der Waals surface area contributed by atoms with Crippen LogP contribution in [0.5, 0.6) is 0 Å². The fraction of sp³-hybridized carbons (Fsp3) is 0.632. The summed E-state index contributed by atoms with van der Waals surface area (Å²) in [7, 11) is 0. The Labute approximate surface area is 179 Å². The predicted octanol–water partition coefficient (Wildman–Crippen LogP) is 3.42. The molecule has 5 nitrogen and oxygen atoms in total. The Balaban J connectivity index is 0.00000338. The van der Waals surface area contributed by atoms with Crippen molar-refractivity contribution in [3.8, 4) is 0 Å². The summed E-state index contributed by atoms with van der Waals surface area (Å²) in [4.78, 5) is 4.64. The van der Waals surface area contributed by atoms with Crippen LogP contribution in [0.2, 0.25) is 0 Å². The zero-order chi connectivity index (χ0) is 17.7. The largest absolute Gasteiger partial charge is 0.381 e. The van der Waals surface area contributed by atoms with Gasteiger partial charge in [0, 0.05) is 32.1 Å². The van der Waals surface area contributed by atoms with Crippen molar-refractivity contribution in [3.05, 3.63) is 35.4 Å². The van der Waals surface area contributed by atoms with E-state index in [2.05, 4.69) is 53.1 Å². The second kappa shape index (κ2) is 14.5. The number of benzene rings is 1. The molecule has 0 amide bonds. The van der Waals surface area contributed by atoms with Gasteiger partial charge in [0.05, 0.1) is 19.3 Å². The molecule has 0 saturated carbocycles. The minimum absolute atomic E-state index is 0. The number of thioether (sulfide) groups is 1. The van der Waals surface area contributed by atoms with Crippen LogP contribution in [0, 0.1) is 0 Å². The number of hydrogen-bond donors (Lipinski definition) is 2. The monoisotopic (exact) mass is 493 g/mol. The van der Waals surface area contributed by atoms with Gasteiger partial charge in [-0.05, 0) is 37.1 Å². The first-order chi connectivity index (χ1) is 12.3. The number of nitrogens with one attached hydrogen (secondary N) is 2. The zero-order valence-electron chi connectivity index (χ0n) is 15.8. The Bertz CT molecular complexity index is 508. The maximum absolute atomic E-state index is 5.96. The lowest BCUT2D eigenvalue weighted by Crippen LogP contribution is -2.38. The van der Waals surface area contributed by atoms with E-state index in [-0.39, 0.29) is 24.0 Å². The van der Waals surface area contributed by atoms with Gasteiger partial charge in [-0.1, -0.05) is 24.3 Å². The van der Waals surface area contributed by atoms with Crippen molar-refractivity contribution in [2.75, 3.05) is 38.3 Å². The van der Waals surface area contributed by atoms with Crippen molar-refractivity contribution < 1.29 is 9.47 Å². The van der Waals surface area contributed by atoms with Crippen LogP contribution in [0.3, 0.4) is 0 Å². The highest BCUT2D eigenvalue weighted by molar-refractivity contribution is 14.0. The van der Waals surface area contributed by atoms with Gasteiger partial charge < -0.3 is 20.1 Å². The molecule has 1 saturated heterocycles. The average molecular weight is 493 g/mol. The molecular weight excluding hydrogens is 461 g/mol. The molecule has 0 spiro atoms. The van der Waals surface area contributed by atoms with Gasteiger partial charge in [0.2, 0.25) is 0 Å². The molecule has 2 rings (SSSR count). The second-order valence-electron chi connectivity index (χ2n) is 6.05. The van der Waals surface area contributed by atoms with Crippen molar-refractivity contribution >= 4 is 41.7 Å². The van der Waals surface area contributed by atoms with E-state index in [0.717, 1.165) is 50.9 Å². The highest BCUT2D eigenvalue weighted by atomic mass is 127. The highest BCUT2D eigenvalue weighted by Gasteiger charge is 2.13. The van der Waals surface area contributed by atoms with Gasteiger partial charge in [-0.2, -0.15) is 11.8 Å². The summed E-state index contributed by atoms with van der Waals surface area (Å²) in [6, 6.07) is 8.55. The van der Waals surface area contributed by atoms with Gasteiger partial charge in [0.15, 0.2) is 5.96 Å². The Hall–Kier alpha value is -0.510. The van der Waals surface area contributed by atoms with Crippen LogP contribution in [-0.4, -0.2) is 50.4 Å². The van der Waals surface area contributed by atoms with Gasteiger partial charge in [-0.25, -0.2) is 4.99 Å². The molecule has 7 heteroatoms. The Kier molecular flexibility index (Phi) is 13.2. The van der Waals surface area contributed by atoms with E-state index in [1.54, 1.807) is 0 Å². The van der Waals surface area contributed by atoms with Gasteiger partial charge in [-0.3, -0.25) is 0 Å². The van der Waals surface area contributed by atoms with E-state index < -0.39 is 0 Å². The first-order valence-electron chi connectivity index (χ1n) is 9.10. The maximum atomic E-state index is 5.96. The van der Waals surface area contributed by atoms with Crippen LogP contribution >= 0.6 is 35.7 Å². The van der Waals surface area contributed by atoms with Crippen molar-refractivity contribution in [2.24, 2.45) is 4.99 Å². The summed E-state index contributed by atoms with van der Waals surface area (Å²) in [6.45, 7) is 6.87. The topological polar surface area (TPSA) is 54.9 Å². The maximum Gasteiger partial charge on any atom is 0.191 e. The molecule has 0 radical (unpaired) electrons. The van der Waals surface area contributed by atoms with E-state index in [4.69, 9.17) is 9.47 Å². The lowest BCUT2D eigenvalue weighted by atomic mass is 10.1. The predicted molar refractivity (Wildman–Crippen MR) is 122 cm³/mol. The first-order valence-corrected chi connectivity index (χ1v) is 10.5. The van der Waals surface area contributed by atoms with E-state index in [1.165, 1.54) is 11.1 Å². The van der Waals surface area contributed by atoms with Gasteiger partial charge >= 0.3 is 0 Å². The minimum Gasteiger partial charge on any atom is -0.381 e. The smallest absolute Gasteiger partial charge is 0.191 e. The number of aliphatic imine (C=N–C) groups is 1. The zero-order valence-corrected chi connectivity index (χ0v) is 19.0. The van der Waals surface area contributed by atoms with Crippen molar-refractivity contribution in [2.45, 2.75) is 39.0 Å². The molecule has 1 aliphatic rings. The van der Waals surface area contributed by atoms with Crippen LogP contribution in [0.15, 0.2) is 29.3 Å². The summed E-state index contributed by atoms with van der Waals surface area (Å²) < 4.78 is 11.3. The lowest BCUT2D eigenvalue weighted by molar-refractivity contribution is -0.0390. The van der Waals surface area contributed by atoms with Crippen LogP contribution in [0.1, 0.15) is 30.9 Å². The molecule has 0 aliphatic carbocycles. The number of halogens is 1. The molecule has 148 valence electrons. The van der Waals surface area contributed by atoms with E-state index >= 15 is 0 Å². The molecular formula is C19H32IN3O2S. The third-order valence-corrected chi connectivity index (χ3v) is 4.65. The molecule has 1 aromatic carbocycles. The summed E-state index contributed by atoms with van der Waals surface area (Å²) in [5.74, 6) is 1.95. The highest BCUT2D eigenvalue weighted by Crippen LogP contribution is 2.14. The Morgan fingerprint density at radius 1 is 1.19 bits per heavy atom. The molecule has 0 bridgehead atoms. The number of ether oxygens (including phenoxy) is 2. The third-order valence-electron chi connectivity index (χ3n) is 4.04. The average Bonchev–Trinajstić information content (AvgIpc) is 2.66. The normalized spacial score (nSPS) is 15.4. The Morgan fingerprint density at radius 2 is 1.88 bits per heavy atom. The van der Waals surface area contributed by atoms with E-state index in [0.29, 0.717) is 19.3 Å². The van der Waals surface area contributed by atoms with Gasteiger partial charge in [-0.15, -0.1) is 24.0 Å². The summed E-state index contributed by atoms with van der Waals surface area (Å²) in [5.41, 5.74) is 2.42. The van der Waals surface area contributed by atoms with Crippen LogP contribution < -0.4 is 10.6 Å². The molecule has 1 aliphatic heterocycles. The number of hydrogen-bond acceptors (Lipinski definition) is 4. The molecule has 1 aromatic rings. The number of rotatable bonds is 9. The van der Waals surface area contributed by atoms with Crippen LogP contribution in [0.25, 0.3) is 0 Å². The van der Waals surface area contributed by atoms with E-state index in [9.17, 15) is 0 Å². The quantitative estimate of drug-likeness (QED) is 0.239. The minimum atomic E-state index is 0. The molecule has 26 heavy (non-hydrogen) atoms. The fourth-order valence-electron chi connectivity index (χ4n) is 2.58. The van der Waals surface area contributed by atoms with Crippen molar-refractivity contribution in [1.82, 2.24) is 10.6 Å². The fourth-order valence-corrected chi connectivity index (χ4v) is 2.89. The van der Waals surface area contributed by atoms with Gasteiger partial charge in [0.1, 0.15) is 0 Å². The summed E-state index contributed by atoms with van der Waals surface area (Å²) in [6.07, 6.45) is 4.46. The molecule has 2 N–H and O–H groups in total. The number of guanidine groups is 1. The Morgan fingerprint density at radius 3 is 2.54 bits per heavy atom. The summed E-state index contributed by atoms with van der Waals surface area (Å²) in [5, 5.41) is 6.63. The summed E-state index contributed by atoms with van der Waals surface area (Å²) >= 11 is 1.83. The second-order valence-corrected chi connectivity index (χ2v) is 7.04. The molecule has 0 aromatic heterocycles. The third kappa shape index (κ3) is 9.43. The SMILES string of the molecule is CCNC(=NCc1ccc(COC2CCOCC2)cc1)NCCSC.I. The molecule has 1 heterocycles. The van der Waals surface area contributed by atoms with Crippen LogP contribution in [-0.2, 0) is 22.6 Å². The van der Waals surface area contributed by atoms with Crippen molar-refractivity contribution in [3.63, 3.8) is 0 Å². The van der Waals surface area contributed by atoms with Crippen molar-refractivity contribution in [1.29, 1.82) is 0 Å². The van der Waals surface area contributed by atoms with Gasteiger partial charge in [0.25, 0.3) is 0 Å². The number of nitrogens with zero attached hydrogens (tertiary/aromatic N) is 1. The standard InChI is InChI=1S/C19H31N3O2S.HI/c1-3-20-19(21-10-13-25-2)22-14-16-4-6-17(7-5-16)15-24-18-8-11-23-12-9-18;/h4-7,18H,3,8-15H2,1-2H3,(H2,20,21,22);1H. The molecule has 1 fully saturated rings.